The van der Waals surface area contributed by atoms with E-state index in [2.05, 4.69) is 55.5 Å². The fourth-order valence-electron chi connectivity index (χ4n) is 2.34. The van der Waals surface area contributed by atoms with Gasteiger partial charge in [0.15, 0.2) is 0 Å². The first-order valence-electron chi connectivity index (χ1n) is 7.56. The molecule has 0 aromatic rings. The molecule has 0 fully saturated rings. The Morgan fingerprint density at radius 1 is 1.06 bits per heavy atom. The Hall–Kier alpha value is 0.0801. The molecule has 0 aliphatic carbocycles. The molecule has 2 nitrogen and oxygen atoms in total. The van der Waals surface area contributed by atoms with Crippen molar-refractivity contribution < 1.29 is 0 Å². The molecule has 0 aromatic carbocycles. The summed E-state index contributed by atoms with van der Waals surface area (Å²) in [7, 11) is 0. The van der Waals surface area contributed by atoms with Gasteiger partial charge in [0.2, 0.25) is 0 Å². The van der Waals surface area contributed by atoms with Crippen molar-refractivity contribution in [3.63, 3.8) is 0 Å². The van der Waals surface area contributed by atoms with Crippen LogP contribution >= 0.6 is 0 Å². The van der Waals surface area contributed by atoms with Crippen LogP contribution in [0.25, 0.3) is 0 Å². The number of aliphatic imine (C=N–C) groups is 1. The van der Waals surface area contributed by atoms with Crippen LogP contribution in [0, 0.1) is 0 Å². The van der Waals surface area contributed by atoms with E-state index >= 15 is 0 Å². The maximum absolute atomic E-state index is 4.57. The molecule has 0 aliphatic rings. The Labute approximate surface area is 122 Å². The predicted octanol–water partition coefficient (Wildman–Crippen LogP) is 4.50. The molecule has 0 rings (SSSR count). The average Bonchev–Trinajstić information content (AvgIpc) is 2.36. The molecule has 0 saturated heterocycles. The molecule has 0 spiro atoms. The zero-order chi connectivity index (χ0) is 14.0. The maximum atomic E-state index is 4.57. The molecule has 0 radical (unpaired) electrons. The molecule has 0 aromatic heterocycles. The Balaban J connectivity index is 4.83. The first-order chi connectivity index (χ1) is 8.60. The van der Waals surface area contributed by atoms with Gasteiger partial charge in [-0.05, 0) is 0 Å². The van der Waals surface area contributed by atoms with Gasteiger partial charge in [0.25, 0.3) is 0 Å². The fourth-order valence-corrected chi connectivity index (χ4v) is 10.1. The van der Waals surface area contributed by atoms with E-state index in [0.29, 0.717) is 0 Å². The van der Waals surface area contributed by atoms with E-state index in [9.17, 15) is 0 Å². The summed E-state index contributed by atoms with van der Waals surface area (Å²) in [6, 6.07) is 0. The van der Waals surface area contributed by atoms with Crippen molar-refractivity contribution in [2.24, 2.45) is 4.99 Å². The van der Waals surface area contributed by atoms with Crippen LogP contribution in [-0.4, -0.2) is 43.4 Å². The second kappa shape index (κ2) is 11.0. The van der Waals surface area contributed by atoms with Crippen LogP contribution in [0.2, 0.25) is 8.35 Å². The minimum absolute atomic E-state index is 0.956. The third-order valence-electron chi connectivity index (χ3n) is 3.30. The summed E-state index contributed by atoms with van der Waals surface area (Å²) in [6.07, 6.45) is 4.68. The summed E-state index contributed by atoms with van der Waals surface area (Å²) in [4.78, 5) is 4.57. The van der Waals surface area contributed by atoms with E-state index in [-0.39, 0.29) is 0 Å². The molecule has 3 heteroatoms. The monoisotopic (exact) mass is 354 g/mol. The summed E-state index contributed by atoms with van der Waals surface area (Å²) in [5.74, 6) is 0. The van der Waals surface area contributed by atoms with Crippen LogP contribution in [0.3, 0.4) is 0 Å². The van der Waals surface area contributed by atoms with Crippen molar-refractivity contribution in [3.05, 3.63) is 11.8 Å². The van der Waals surface area contributed by atoms with Gasteiger partial charge in [-0.15, -0.1) is 0 Å². The van der Waals surface area contributed by atoms with E-state index in [1.54, 1.807) is 0 Å². The first-order valence-corrected chi connectivity index (χ1v) is 13.7. The fraction of sp³-hybridized carbons (Fsp3) is 0.800. The van der Waals surface area contributed by atoms with Crippen LogP contribution in [-0.2, 0) is 0 Å². The van der Waals surface area contributed by atoms with Crippen LogP contribution < -0.4 is 0 Å². The minimum atomic E-state index is -1.49. The Morgan fingerprint density at radius 2 is 1.67 bits per heavy atom. The van der Waals surface area contributed by atoms with Crippen LogP contribution in [0.4, 0.5) is 0 Å². The summed E-state index contributed by atoms with van der Waals surface area (Å²) >= 11 is -1.49. The van der Waals surface area contributed by atoms with Gasteiger partial charge in [-0.1, -0.05) is 0 Å². The van der Waals surface area contributed by atoms with E-state index in [1.165, 1.54) is 32.7 Å². The first kappa shape index (κ1) is 18.1. The van der Waals surface area contributed by atoms with E-state index in [0.717, 1.165) is 13.0 Å². The molecular formula is C15H31InN2. The molecule has 0 amide bonds. The van der Waals surface area contributed by atoms with Crippen molar-refractivity contribution in [1.82, 2.24) is 2.89 Å². The van der Waals surface area contributed by atoms with Crippen molar-refractivity contribution in [3.8, 4) is 0 Å². The van der Waals surface area contributed by atoms with E-state index < -0.39 is 21.7 Å². The third-order valence-corrected chi connectivity index (χ3v) is 13.1. The van der Waals surface area contributed by atoms with Crippen LogP contribution in [0.15, 0.2) is 16.8 Å². The third kappa shape index (κ3) is 6.86. The summed E-state index contributed by atoms with van der Waals surface area (Å²) in [5.41, 5.74) is 2.64. The van der Waals surface area contributed by atoms with Gasteiger partial charge in [0.1, 0.15) is 0 Å². The molecule has 0 atom stereocenters. The normalized spacial score (nSPS) is 12.8. The predicted molar refractivity (Wildman–Crippen MR) is 85.7 cm³/mol. The molecule has 0 saturated carbocycles. The quantitative estimate of drug-likeness (QED) is 0.557. The number of nitrogens with zero attached hydrogens (tertiary/aromatic N) is 2. The van der Waals surface area contributed by atoms with E-state index in [1.807, 2.05) is 0 Å². The van der Waals surface area contributed by atoms with Crippen molar-refractivity contribution in [2.75, 3.05) is 13.1 Å². The zero-order valence-corrected chi connectivity index (χ0v) is 16.6. The molecule has 0 aliphatic heterocycles. The SMILES string of the molecule is CCCN=C(C)/C=C(/C)[N](CCC)[In]([CH2]C)[CH2]C. The van der Waals surface area contributed by atoms with Gasteiger partial charge in [-0.25, -0.2) is 0 Å². The van der Waals surface area contributed by atoms with Crippen LogP contribution in [0.1, 0.15) is 54.4 Å². The van der Waals surface area contributed by atoms with Crippen molar-refractivity contribution >= 4 is 27.4 Å². The number of rotatable bonds is 9. The topological polar surface area (TPSA) is 15.6 Å². The van der Waals surface area contributed by atoms with Gasteiger partial charge < -0.3 is 0 Å². The standard InChI is InChI=1S/C11H21N2.2C2H5.In/c1-5-7-12-10(3)9-11(4)13-8-6-2;2*1-2;/h9H,5-8H2,1-4H3;2*1H2,2H3;/q-1;;;+1/b10-9-,13-11?;;;. The van der Waals surface area contributed by atoms with Crippen LogP contribution in [0.5, 0.6) is 0 Å². The summed E-state index contributed by atoms with van der Waals surface area (Å²) < 4.78 is 5.61. The van der Waals surface area contributed by atoms with Crippen molar-refractivity contribution in [1.29, 1.82) is 0 Å². The Kier molecular flexibility index (Phi) is 11.0. The summed E-state index contributed by atoms with van der Waals surface area (Å²) in [6.45, 7) is 15.8. The number of hydrogen-bond donors (Lipinski definition) is 0. The zero-order valence-electron chi connectivity index (χ0n) is 13.3. The van der Waals surface area contributed by atoms with E-state index in [4.69, 9.17) is 0 Å². The summed E-state index contributed by atoms with van der Waals surface area (Å²) in [5, 5.41) is 0. The molecule has 18 heavy (non-hydrogen) atoms. The van der Waals surface area contributed by atoms with Crippen molar-refractivity contribution in [2.45, 2.75) is 62.7 Å². The van der Waals surface area contributed by atoms with Gasteiger partial charge in [-0.2, -0.15) is 0 Å². The molecule has 0 unspecified atom stereocenters. The molecule has 0 heterocycles. The molecule has 0 N–H and O–H groups in total. The van der Waals surface area contributed by atoms with Gasteiger partial charge >= 0.3 is 123 Å². The average molecular weight is 354 g/mol. The molecule has 0 bridgehead atoms. The Morgan fingerprint density at radius 3 is 2.11 bits per heavy atom. The molecule has 104 valence electrons. The second-order valence-electron chi connectivity index (χ2n) is 4.97. The van der Waals surface area contributed by atoms with Gasteiger partial charge in [0, 0.05) is 0 Å². The Bertz CT molecular complexity index is 268. The number of hydrogen-bond acceptors (Lipinski definition) is 2. The number of allylic oxidation sites excluding steroid dienone is 2. The second-order valence-corrected chi connectivity index (χ2v) is 15.1. The molecular weight excluding hydrogens is 323 g/mol. The van der Waals surface area contributed by atoms with Gasteiger partial charge in [-0.3, -0.25) is 0 Å². The van der Waals surface area contributed by atoms with Gasteiger partial charge in [0.05, 0.1) is 0 Å².